The van der Waals surface area contributed by atoms with Crippen LogP contribution in [0.3, 0.4) is 0 Å². The number of methoxy groups -OCH3 is 3. The molecule has 7 heteroatoms. The van der Waals surface area contributed by atoms with Crippen LogP contribution in [0.2, 0.25) is 0 Å². The Balaban J connectivity index is 2.06. The minimum atomic E-state index is 0.117. The number of rotatable bonds is 6. The van der Waals surface area contributed by atoms with Gasteiger partial charge in [0.2, 0.25) is 5.75 Å². The van der Waals surface area contributed by atoms with Gasteiger partial charge >= 0.3 is 0 Å². The van der Waals surface area contributed by atoms with Gasteiger partial charge in [-0.15, -0.1) is 11.8 Å². The highest BCUT2D eigenvalue weighted by atomic mass is 32.2. The zero-order chi connectivity index (χ0) is 18.5. The molecule has 6 nitrogen and oxygen atoms in total. The first kappa shape index (κ1) is 18.0. The summed E-state index contributed by atoms with van der Waals surface area (Å²) in [6.45, 7) is 0. The third kappa shape index (κ3) is 3.30. The highest BCUT2D eigenvalue weighted by Crippen LogP contribution is 2.47. The highest BCUT2D eigenvalue weighted by molar-refractivity contribution is 8.02. The number of hydrogen-bond donors (Lipinski definition) is 2. The fourth-order valence-corrected chi connectivity index (χ4v) is 3.87. The number of benzene rings is 2. The van der Waals surface area contributed by atoms with Crippen molar-refractivity contribution >= 4 is 23.7 Å². The van der Waals surface area contributed by atoms with Gasteiger partial charge in [-0.2, -0.15) is 5.10 Å². The second kappa shape index (κ2) is 8.05. The van der Waals surface area contributed by atoms with Gasteiger partial charge in [-0.1, -0.05) is 30.3 Å². The van der Waals surface area contributed by atoms with Crippen molar-refractivity contribution in [3.05, 3.63) is 58.5 Å². The molecule has 3 rings (SSSR count). The molecule has 3 N–H and O–H groups in total. The van der Waals surface area contributed by atoms with Gasteiger partial charge < -0.3 is 25.4 Å². The van der Waals surface area contributed by atoms with E-state index in [1.54, 1.807) is 39.3 Å². The van der Waals surface area contributed by atoms with Crippen molar-refractivity contribution < 1.29 is 14.2 Å². The number of nitrogens with zero attached hydrogens (tertiary/aromatic N) is 1. The maximum absolute atomic E-state index is 5.65. The summed E-state index contributed by atoms with van der Waals surface area (Å²) >= 11 is 1.69. The molecule has 1 heterocycles. The van der Waals surface area contributed by atoms with Crippen molar-refractivity contribution in [1.82, 2.24) is 5.32 Å². The first-order valence-corrected chi connectivity index (χ1v) is 8.91. The summed E-state index contributed by atoms with van der Waals surface area (Å²) in [6.07, 6.45) is 1.57. The van der Waals surface area contributed by atoms with Gasteiger partial charge in [-0.05, 0) is 17.0 Å². The zero-order valence-corrected chi connectivity index (χ0v) is 15.7. The Morgan fingerprint density at radius 3 is 2.42 bits per heavy atom. The van der Waals surface area contributed by atoms with Crippen LogP contribution in [0.25, 0.3) is 5.70 Å². The second-order valence-corrected chi connectivity index (χ2v) is 6.47. The molecule has 0 amide bonds. The zero-order valence-electron chi connectivity index (χ0n) is 14.9. The summed E-state index contributed by atoms with van der Waals surface area (Å²) in [7, 11) is 4.76. The number of thioether (sulfide) groups is 1. The first-order valence-electron chi connectivity index (χ1n) is 7.97. The molecule has 0 aliphatic carbocycles. The first-order chi connectivity index (χ1) is 12.7. The van der Waals surface area contributed by atoms with Gasteiger partial charge in [0.15, 0.2) is 11.5 Å². The number of hydrogen-bond acceptors (Lipinski definition) is 7. The van der Waals surface area contributed by atoms with E-state index >= 15 is 0 Å². The molecule has 136 valence electrons. The Bertz CT molecular complexity index is 838. The molecule has 0 fully saturated rings. The molecule has 1 aliphatic rings. The Morgan fingerprint density at radius 1 is 1.08 bits per heavy atom. The molecule has 0 saturated carbocycles. The lowest BCUT2D eigenvalue weighted by atomic mass is 10.0. The molecular weight excluding hydrogens is 350 g/mol. The summed E-state index contributed by atoms with van der Waals surface area (Å²) in [6, 6.07) is 12.1. The van der Waals surface area contributed by atoms with E-state index in [2.05, 4.69) is 28.0 Å². The highest BCUT2D eigenvalue weighted by Gasteiger charge is 2.27. The van der Waals surface area contributed by atoms with E-state index < -0.39 is 0 Å². The third-order valence-corrected chi connectivity index (χ3v) is 5.09. The fourth-order valence-electron chi connectivity index (χ4n) is 2.90. The lowest BCUT2D eigenvalue weighted by molar-refractivity contribution is 0.323. The molecule has 2 aromatic rings. The van der Waals surface area contributed by atoms with Crippen molar-refractivity contribution in [3.8, 4) is 17.2 Å². The average molecular weight is 371 g/mol. The summed E-state index contributed by atoms with van der Waals surface area (Å²) in [4.78, 5) is 0. The normalized spacial score (nSPS) is 16.3. The van der Waals surface area contributed by atoms with Gasteiger partial charge in [-0.3, -0.25) is 0 Å². The van der Waals surface area contributed by atoms with Gasteiger partial charge in [0.1, 0.15) is 5.37 Å². The molecule has 26 heavy (non-hydrogen) atoms. The Labute approximate surface area is 157 Å². The minimum absolute atomic E-state index is 0.117. The molecule has 0 aromatic heterocycles. The Morgan fingerprint density at radius 2 is 1.81 bits per heavy atom. The van der Waals surface area contributed by atoms with Crippen LogP contribution in [0, 0.1) is 0 Å². The largest absolute Gasteiger partial charge is 0.493 e. The topological polar surface area (TPSA) is 78.1 Å². The second-order valence-electron chi connectivity index (χ2n) is 5.49. The molecule has 0 spiro atoms. The predicted molar refractivity (Wildman–Crippen MR) is 106 cm³/mol. The van der Waals surface area contributed by atoms with Crippen LogP contribution < -0.4 is 25.4 Å². The molecule has 2 aromatic carbocycles. The van der Waals surface area contributed by atoms with Gasteiger partial charge in [0.25, 0.3) is 0 Å². The number of nitrogens with one attached hydrogen (secondary N) is 1. The van der Waals surface area contributed by atoms with Crippen molar-refractivity contribution in [3.63, 3.8) is 0 Å². The van der Waals surface area contributed by atoms with Crippen molar-refractivity contribution in [2.45, 2.75) is 5.37 Å². The van der Waals surface area contributed by atoms with Crippen LogP contribution in [-0.2, 0) is 0 Å². The summed E-state index contributed by atoms with van der Waals surface area (Å²) in [5.41, 5.74) is 3.70. The van der Waals surface area contributed by atoms with Crippen LogP contribution in [0.1, 0.15) is 22.1 Å². The lowest BCUT2D eigenvalue weighted by Gasteiger charge is -2.20. The van der Waals surface area contributed by atoms with E-state index in [9.17, 15) is 0 Å². The molecular formula is C19H21N3O3S. The average Bonchev–Trinajstić information content (AvgIpc) is 3.17. The van der Waals surface area contributed by atoms with Gasteiger partial charge in [0, 0.05) is 5.56 Å². The standard InChI is InChI=1S/C19H21N3O3S/c1-23-15-9-13(10-21-20)16(18(25-3)17(15)24-2)14-11-26-19(22-14)12-7-5-4-6-8-12/h4-11,19,22H,20H2,1-3H3/b21-10+. The van der Waals surface area contributed by atoms with Gasteiger partial charge in [-0.25, -0.2) is 0 Å². The summed E-state index contributed by atoms with van der Waals surface area (Å²) < 4.78 is 16.6. The van der Waals surface area contributed by atoms with E-state index in [1.807, 2.05) is 24.3 Å². The molecule has 1 aliphatic heterocycles. The van der Waals surface area contributed by atoms with E-state index in [1.165, 1.54) is 5.56 Å². The SMILES string of the molecule is COc1cc(/C=N/N)c(C2=CSC(c3ccccc3)N2)c(OC)c1OC. The quantitative estimate of drug-likeness (QED) is 0.461. The smallest absolute Gasteiger partial charge is 0.204 e. The minimum Gasteiger partial charge on any atom is -0.493 e. The van der Waals surface area contributed by atoms with Crippen LogP contribution in [0.4, 0.5) is 0 Å². The van der Waals surface area contributed by atoms with E-state index in [-0.39, 0.29) is 5.37 Å². The Kier molecular flexibility index (Phi) is 5.58. The predicted octanol–water partition coefficient (Wildman–Crippen LogP) is 3.34. The third-order valence-electron chi connectivity index (χ3n) is 4.05. The molecule has 0 bridgehead atoms. The molecule has 1 unspecified atom stereocenters. The van der Waals surface area contributed by atoms with Crippen LogP contribution in [0.5, 0.6) is 17.2 Å². The monoisotopic (exact) mass is 371 g/mol. The van der Waals surface area contributed by atoms with Crippen molar-refractivity contribution in [2.24, 2.45) is 10.9 Å². The van der Waals surface area contributed by atoms with Crippen LogP contribution >= 0.6 is 11.8 Å². The Hall–Kier alpha value is -2.80. The number of hydrazone groups is 1. The lowest BCUT2D eigenvalue weighted by Crippen LogP contribution is -2.14. The van der Waals surface area contributed by atoms with Crippen LogP contribution in [0.15, 0.2) is 46.9 Å². The molecule has 0 saturated heterocycles. The molecule has 0 radical (unpaired) electrons. The number of nitrogens with two attached hydrogens (primary N) is 1. The molecule has 1 atom stereocenters. The van der Waals surface area contributed by atoms with E-state index in [0.717, 1.165) is 16.8 Å². The van der Waals surface area contributed by atoms with E-state index in [4.69, 9.17) is 20.1 Å². The maximum Gasteiger partial charge on any atom is 0.204 e. The van der Waals surface area contributed by atoms with E-state index in [0.29, 0.717) is 17.2 Å². The van der Waals surface area contributed by atoms with Crippen LogP contribution in [-0.4, -0.2) is 27.5 Å². The van der Waals surface area contributed by atoms with Gasteiger partial charge in [0.05, 0.1) is 38.8 Å². The maximum atomic E-state index is 5.65. The summed E-state index contributed by atoms with van der Waals surface area (Å²) in [5, 5.41) is 9.40. The number of ether oxygens (including phenoxy) is 3. The fraction of sp³-hybridized carbons (Fsp3) is 0.211. The van der Waals surface area contributed by atoms with Crippen molar-refractivity contribution in [2.75, 3.05) is 21.3 Å². The van der Waals surface area contributed by atoms with Crippen molar-refractivity contribution in [1.29, 1.82) is 0 Å². The summed E-state index contributed by atoms with van der Waals surface area (Å²) in [5.74, 6) is 7.05.